The highest BCUT2D eigenvalue weighted by Crippen LogP contribution is 2.37. The van der Waals surface area contributed by atoms with Crippen LogP contribution in [0.2, 0.25) is 0 Å². The van der Waals surface area contributed by atoms with Crippen molar-refractivity contribution in [3.8, 4) is 0 Å². The Morgan fingerprint density at radius 1 is 1.50 bits per heavy atom. The maximum Gasteiger partial charge on any atom is 0.304 e. The van der Waals surface area contributed by atoms with Crippen LogP contribution in [0.1, 0.15) is 19.3 Å². The SMILES string of the molecule is O=C(O)CCN1CCC2(CCOC2)C1. The summed E-state index contributed by atoms with van der Waals surface area (Å²) in [6.07, 6.45) is 2.58. The molecule has 1 atom stereocenters. The third kappa shape index (κ3) is 2.07. The molecule has 14 heavy (non-hydrogen) atoms. The van der Waals surface area contributed by atoms with Crippen molar-refractivity contribution in [3.63, 3.8) is 0 Å². The van der Waals surface area contributed by atoms with E-state index in [9.17, 15) is 4.79 Å². The van der Waals surface area contributed by atoms with E-state index in [4.69, 9.17) is 9.84 Å². The second-order valence-electron chi connectivity index (χ2n) is 4.47. The van der Waals surface area contributed by atoms with Crippen LogP contribution in [-0.2, 0) is 9.53 Å². The maximum absolute atomic E-state index is 10.4. The van der Waals surface area contributed by atoms with Gasteiger partial charge in [0.1, 0.15) is 0 Å². The van der Waals surface area contributed by atoms with Gasteiger partial charge in [-0.05, 0) is 19.4 Å². The number of hydrogen-bond acceptors (Lipinski definition) is 3. The quantitative estimate of drug-likeness (QED) is 0.722. The zero-order chi connectivity index (χ0) is 10.0. The third-order valence-corrected chi connectivity index (χ3v) is 3.34. The first-order chi connectivity index (χ1) is 6.70. The largest absolute Gasteiger partial charge is 0.481 e. The molecule has 1 N–H and O–H groups in total. The van der Waals surface area contributed by atoms with Crippen molar-refractivity contribution in [2.45, 2.75) is 19.3 Å². The first-order valence-corrected chi connectivity index (χ1v) is 5.22. The molecule has 2 saturated heterocycles. The van der Waals surface area contributed by atoms with Crippen LogP contribution in [0.5, 0.6) is 0 Å². The molecular weight excluding hydrogens is 182 g/mol. The van der Waals surface area contributed by atoms with Crippen molar-refractivity contribution >= 4 is 5.97 Å². The van der Waals surface area contributed by atoms with Crippen LogP contribution >= 0.6 is 0 Å². The van der Waals surface area contributed by atoms with Gasteiger partial charge in [0.2, 0.25) is 0 Å². The van der Waals surface area contributed by atoms with Crippen molar-refractivity contribution in [1.82, 2.24) is 4.90 Å². The normalized spacial score (nSPS) is 32.9. The molecule has 0 radical (unpaired) electrons. The zero-order valence-electron chi connectivity index (χ0n) is 8.37. The molecule has 2 rings (SSSR count). The van der Waals surface area contributed by atoms with E-state index in [1.165, 1.54) is 6.42 Å². The van der Waals surface area contributed by atoms with E-state index in [2.05, 4.69) is 4.90 Å². The molecule has 0 amide bonds. The zero-order valence-corrected chi connectivity index (χ0v) is 8.37. The summed E-state index contributed by atoms with van der Waals surface area (Å²) in [5, 5.41) is 8.58. The lowest BCUT2D eigenvalue weighted by atomic mass is 9.87. The molecule has 1 spiro atoms. The Morgan fingerprint density at radius 3 is 3.00 bits per heavy atom. The average Bonchev–Trinajstić information content (AvgIpc) is 2.74. The van der Waals surface area contributed by atoms with Gasteiger partial charge in [-0.25, -0.2) is 0 Å². The second kappa shape index (κ2) is 3.87. The Labute approximate surface area is 83.8 Å². The number of carboxylic acids is 1. The first-order valence-electron chi connectivity index (χ1n) is 5.22. The molecule has 1 unspecified atom stereocenters. The van der Waals surface area contributed by atoms with Crippen molar-refractivity contribution in [3.05, 3.63) is 0 Å². The van der Waals surface area contributed by atoms with E-state index in [0.29, 0.717) is 12.0 Å². The fourth-order valence-electron chi connectivity index (χ4n) is 2.44. The minimum absolute atomic E-state index is 0.261. The number of carbonyl (C=O) groups is 1. The molecular formula is C10H17NO3. The smallest absolute Gasteiger partial charge is 0.304 e. The van der Waals surface area contributed by atoms with Crippen LogP contribution in [0.15, 0.2) is 0 Å². The molecule has 0 aromatic rings. The van der Waals surface area contributed by atoms with Gasteiger partial charge in [-0.3, -0.25) is 4.79 Å². The molecule has 4 heteroatoms. The van der Waals surface area contributed by atoms with Crippen LogP contribution in [0.4, 0.5) is 0 Å². The predicted octanol–water partition coefficient (Wildman–Crippen LogP) is 0.573. The molecule has 0 aromatic heterocycles. The number of rotatable bonds is 3. The highest BCUT2D eigenvalue weighted by atomic mass is 16.5. The van der Waals surface area contributed by atoms with E-state index in [1.54, 1.807) is 0 Å². The van der Waals surface area contributed by atoms with Gasteiger partial charge < -0.3 is 14.7 Å². The van der Waals surface area contributed by atoms with Gasteiger partial charge >= 0.3 is 5.97 Å². The summed E-state index contributed by atoms with van der Waals surface area (Å²) in [5.74, 6) is -0.700. The Kier molecular flexibility index (Phi) is 2.74. The van der Waals surface area contributed by atoms with Crippen LogP contribution in [0.25, 0.3) is 0 Å². The molecule has 0 aliphatic carbocycles. The summed E-state index contributed by atoms with van der Waals surface area (Å²) in [6.45, 7) is 4.51. The minimum atomic E-state index is -0.700. The average molecular weight is 199 g/mol. The number of carboxylic acid groups (broad SMARTS) is 1. The third-order valence-electron chi connectivity index (χ3n) is 3.34. The topological polar surface area (TPSA) is 49.8 Å². The Hall–Kier alpha value is -0.610. The standard InChI is InChI=1S/C10H17NO3/c12-9(13)1-4-11-5-2-10(7-11)3-6-14-8-10/h1-8H2,(H,12,13). The highest BCUT2D eigenvalue weighted by molar-refractivity contribution is 5.66. The van der Waals surface area contributed by atoms with E-state index in [1.807, 2.05) is 0 Å². The fourth-order valence-corrected chi connectivity index (χ4v) is 2.44. The molecule has 2 aliphatic heterocycles. The molecule has 0 bridgehead atoms. The Morgan fingerprint density at radius 2 is 2.36 bits per heavy atom. The van der Waals surface area contributed by atoms with Gasteiger partial charge in [-0.2, -0.15) is 0 Å². The number of nitrogens with zero attached hydrogens (tertiary/aromatic N) is 1. The van der Waals surface area contributed by atoms with Gasteiger partial charge in [0.15, 0.2) is 0 Å². The molecule has 0 aromatic carbocycles. The summed E-state index contributed by atoms with van der Waals surface area (Å²) in [4.78, 5) is 12.7. The van der Waals surface area contributed by atoms with Gasteiger partial charge in [0.25, 0.3) is 0 Å². The van der Waals surface area contributed by atoms with E-state index in [-0.39, 0.29) is 6.42 Å². The van der Waals surface area contributed by atoms with E-state index >= 15 is 0 Å². The van der Waals surface area contributed by atoms with Crippen LogP contribution in [0.3, 0.4) is 0 Å². The second-order valence-corrected chi connectivity index (χ2v) is 4.47. The number of hydrogen-bond donors (Lipinski definition) is 1. The van der Waals surface area contributed by atoms with Gasteiger partial charge in [0, 0.05) is 25.1 Å². The maximum atomic E-state index is 10.4. The van der Waals surface area contributed by atoms with Crippen molar-refractivity contribution in [1.29, 1.82) is 0 Å². The minimum Gasteiger partial charge on any atom is -0.481 e. The van der Waals surface area contributed by atoms with Gasteiger partial charge in [0.05, 0.1) is 13.0 Å². The molecule has 4 nitrogen and oxygen atoms in total. The Balaban J connectivity index is 1.79. The summed E-state index contributed by atoms with van der Waals surface area (Å²) in [5.41, 5.74) is 0.360. The van der Waals surface area contributed by atoms with E-state index < -0.39 is 5.97 Å². The number of likely N-dealkylation sites (tertiary alicyclic amines) is 1. The highest BCUT2D eigenvalue weighted by Gasteiger charge is 2.40. The summed E-state index contributed by atoms with van der Waals surface area (Å²) in [7, 11) is 0. The summed E-state index contributed by atoms with van der Waals surface area (Å²) < 4.78 is 5.41. The van der Waals surface area contributed by atoms with Crippen molar-refractivity contribution in [2.75, 3.05) is 32.8 Å². The monoisotopic (exact) mass is 199 g/mol. The fraction of sp³-hybridized carbons (Fsp3) is 0.900. The first kappa shape index (κ1) is 9.93. The van der Waals surface area contributed by atoms with Crippen molar-refractivity contribution in [2.24, 2.45) is 5.41 Å². The molecule has 80 valence electrons. The van der Waals surface area contributed by atoms with Gasteiger partial charge in [-0.1, -0.05) is 0 Å². The Bertz CT molecular complexity index is 223. The van der Waals surface area contributed by atoms with Crippen LogP contribution in [-0.4, -0.2) is 48.8 Å². The van der Waals surface area contributed by atoms with Gasteiger partial charge in [-0.15, -0.1) is 0 Å². The molecule has 2 aliphatic rings. The predicted molar refractivity (Wildman–Crippen MR) is 51.2 cm³/mol. The number of aliphatic carboxylic acids is 1. The van der Waals surface area contributed by atoms with Crippen molar-refractivity contribution < 1.29 is 14.6 Å². The molecule has 2 fully saturated rings. The molecule has 0 saturated carbocycles. The summed E-state index contributed by atoms with van der Waals surface area (Å²) >= 11 is 0. The summed E-state index contributed by atoms with van der Waals surface area (Å²) in [6, 6.07) is 0. The lowest BCUT2D eigenvalue weighted by Gasteiger charge is -2.21. The molecule has 2 heterocycles. The van der Waals surface area contributed by atoms with Crippen LogP contribution in [0, 0.1) is 5.41 Å². The lowest BCUT2D eigenvalue weighted by molar-refractivity contribution is -0.137. The number of ether oxygens (including phenoxy) is 1. The lowest BCUT2D eigenvalue weighted by Crippen LogP contribution is -2.29. The van der Waals surface area contributed by atoms with Crippen LogP contribution < -0.4 is 0 Å². The van der Waals surface area contributed by atoms with E-state index in [0.717, 1.165) is 32.7 Å².